The van der Waals surface area contributed by atoms with Gasteiger partial charge in [-0.05, 0) is 38.5 Å². The van der Waals surface area contributed by atoms with Gasteiger partial charge < -0.3 is 22.5 Å². The highest BCUT2D eigenvalue weighted by Crippen LogP contribution is 2.40. The highest BCUT2D eigenvalue weighted by Gasteiger charge is 2.39. The summed E-state index contributed by atoms with van der Waals surface area (Å²) in [6.45, 7) is 8.01. The summed E-state index contributed by atoms with van der Waals surface area (Å²) < 4.78 is 0. The molecule has 0 spiro atoms. The normalized spacial score (nSPS) is 15.2. The number of hydrogen-bond acceptors (Lipinski definition) is 4. The zero-order chi connectivity index (χ0) is 17.9. The molecule has 0 aromatic heterocycles. The standard InChI is InChI=1S/C19H36O4.2H3N/c1-5-9-12-18(7-3,16(20)21)14-11-15-19(8-4,17(22)23)13-10-6-2;;/h5-15H2,1-4H3,(H,20,21)(H,22,23);2*1H3. The molecule has 0 fully saturated rings. The van der Waals surface area contributed by atoms with Gasteiger partial charge in [-0.3, -0.25) is 9.59 Å². The van der Waals surface area contributed by atoms with Crippen molar-refractivity contribution in [2.45, 2.75) is 98.3 Å². The van der Waals surface area contributed by atoms with Crippen LogP contribution in [0.1, 0.15) is 98.3 Å². The molecule has 0 bridgehead atoms. The maximum Gasteiger partial charge on any atom is 0.309 e. The van der Waals surface area contributed by atoms with Crippen LogP contribution in [0.25, 0.3) is 0 Å². The van der Waals surface area contributed by atoms with Crippen LogP contribution in [0, 0.1) is 10.8 Å². The van der Waals surface area contributed by atoms with Crippen molar-refractivity contribution in [3.8, 4) is 0 Å². The topological polar surface area (TPSA) is 145 Å². The molecule has 6 nitrogen and oxygen atoms in total. The highest BCUT2D eigenvalue weighted by atomic mass is 16.4. The lowest BCUT2D eigenvalue weighted by Crippen LogP contribution is -2.33. The second-order valence-electron chi connectivity index (χ2n) is 6.94. The summed E-state index contributed by atoms with van der Waals surface area (Å²) in [6.07, 6.45) is 8.24. The maximum atomic E-state index is 11.8. The Morgan fingerprint density at radius 1 is 0.640 bits per heavy atom. The average molecular weight is 363 g/mol. The smallest absolute Gasteiger partial charge is 0.309 e. The van der Waals surface area contributed by atoms with Crippen molar-refractivity contribution in [3.05, 3.63) is 0 Å². The van der Waals surface area contributed by atoms with Crippen LogP contribution in [0.15, 0.2) is 0 Å². The molecule has 0 saturated carbocycles. The third-order valence-corrected chi connectivity index (χ3v) is 5.59. The van der Waals surface area contributed by atoms with E-state index in [4.69, 9.17) is 0 Å². The molecule has 2 unspecified atom stereocenters. The molecule has 152 valence electrons. The summed E-state index contributed by atoms with van der Waals surface area (Å²) in [5, 5.41) is 19.3. The number of hydrogen-bond donors (Lipinski definition) is 4. The van der Waals surface area contributed by atoms with Gasteiger partial charge in [-0.25, -0.2) is 0 Å². The monoisotopic (exact) mass is 362 g/mol. The Hall–Kier alpha value is -1.14. The number of unbranched alkanes of at least 4 members (excludes halogenated alkanes) is 2. The van der Waals surface area contributed by atoms with E-state index < -0.39 is 22.8 Å². The molecule has 0 aliphatic rings. The third kappa shape index (κ3) is 8.19. The molecule has 0 aromatic rings. The van der Waals surface area contributed by atoms with Crippen LogP contribution in [0.2, 0.25) is 0 Å². The molecular formula is C19H42N2O4. The van der Waals surface area contributed by atoms with Crippen LogP contribution in [0.4, 0.5) is 0 Å². The highest BCUT2D eigenvalue weighted by molar-refractivity contribution is 5.75. The molecule has 0 amide bonds. The number of rotatable bonds is 14. The largest absolute Gasteiger partial charge is 0.481 e. The predicted molar refractivity (Wildman–Crippen MR) is 104 cm³/mol. The lowest BCUT2D eigenvalue weighted by molar-refractivity contribution is -0.151. The van der Waals surface area contributed by atoms with E-state index in [2.05, 4.69) is 13.8 Å². The van der Waals surface area contributed by atoms with E-state index in [9.17, 15) is 19.8 Å². The van der Waals surface area contributed by atoms with Crippen LogP contribution < -0.4 is 12.3 Å². The van der Waals surface area contributed by atoms with Gasteiger partial charge in [-0.2, -0.15) is 0 Å². The number of aliphatic carboxylic acids is 2. The fourth-order valence-corrected chi connectivity index (χ4v) is 3.48. The summed E-state index contributed by atoms with van der Waals surface area (Å²) in [6, 6.07) is 0. The lowest BCUT2D eigenvalue weighted by atomic mass is 9.71. The summed E-state index contributed by atoms with van der Waals surface area (Å²) in [7, 11) is 0. The lowest BCUT2D eigenvalue weighted by Gasteiger charge is -2.32. The molecular weight excluding hydrogens is 320 g/mol. The number of carbonyl (C=O) groups is 2. The van der Waals surface area contributed by atoms with Crippen molar-refractivity contribution in [1.82, 2.24) is 12.3 Å². The van der Waals surface area contributed by atoms with E-state index in [0.717, 1.165) is 25.7 Å². The van der Waals surface area contributed by atoms with Crippen LogP contribution in [0.5, 0.6) is 0 Å². The second-order valence-corrected chi connectivity index (χ2v) is 6.94. The van der Waals surface area contributed by atoms with Gasteiger partial charge in [0.1, 0.15) is 0 Å². The van der Waals surface area contributed by atoms with Gasteiger partial charge in [0.25, 0.3) is 0 Å². The van der Waals surface area contributed by atoms with Crippen molar-refractivity contribution in [3.63, 3.8) is 0 Å². The summed E-state index contributed by atoms with van der Waals surface area (Å²) in [4.78, 5) is 23.5. The molecule has 0 radical (unpaired) electrons. The van der Waals surface area contributed by atoms with Crippen molar-refractivity contribution in [2.75, 3.05) is 0 Å². The molecule has 0 aromatic carbocycles. The molecule has 2 atom stereocenters. The first-order chi connectivity index (χ1) is 10.8. The Morgan fingerprint density at radius 2 is 0.920 bits per heavy atom. The zero-order valence-electron chi connectivity index (χ0n) is 16.9. The van der Waals surface area contributed by atoms with Gasteiger partial charge in [0.2, 0.25) is 0 Å². The van der Waals surface area contributed by atoms with Gasteiger partial charge in [0, 0.05) is 0 Å². The first kappa shape index (κ1) is 28.7. The quantitative estimate of drug-likeness (QED) is 0.306. The maximum absolute atomic E-state index is 11.8. The van der Waals surface area contributed by atoms with E-state index in [1.807, 2.05) is 13.8 Å². The SMILES string of the molecule is CCCCC(CC)(CCCC(CC)(CCCC)C(=O)O)C(=O)O.N.N. The van der Waals surface area contributed by atoms with Crippen LogP contribution in [-0.2, 0) is 9.59 Å². The molecule has 0 saturated heterocycles. The van der Waals surface area contributed by atoms with E-state index >= 15 is 0 Å². The van der Waals surface area contributed by atoms with Crippen molar-refractivity contribution >= 4 is 11.9 Å². The van der Waals surface area contributed by atoms with E-state index in [0.29, 0.717) is 44.9 Å². The Labute approximate surface area is 153 Å². The summed E-state index contributed by atoms with van der Waals surface area (Å²) >= 11 is 0. The van der Waals surface area contributed by atoms with Crippen LogP contribution in [-0.4, -0.2) is 22.2 Å². The Balaban J connectivity index is -0.00000242. The van der Waals surface area contributed by atoms with E-state index in [1.54, 1.807) is 0 Å². The number of carboxylic acids is 2. The minimum atomic E-state index is -0.723. The zero-order valence-corrected chi connectivity index (χ0v) is 16.9. The molecule has 6 heteroatoms. The van der Waals surface area contributed by atoms with E-state index in [1.165, 1.54) is 0 Å². The Morgan fingerprint density at radius 3 is 1.12 bits per heavy atom. The van der Waals surface area contributed by atoms with Crippen molar-refractivity contribution in [2.24, 2.45) is 10.8 Å². The minimum absolute atomic E-state index is 0. The second kappa shape index (κ2) is 14.1. The summed E-state index contributed by atoms with van der Waals surface area (Å²) in [5.41, 5.74) is -1.36. The Kier molecular flexibility index (Phi) is 16.1. The third-order valence-electron chi connectivity index (χ3n) is 5.59. The van der Waals surface area contributed by atoms with Gasteiger partial charge in [0.15, 0.2) is 0 Å². The fourth-order valence-electron chi connectivity index (χ4n) is 3.48. The van der Waals surface area contributed by atoms with Crippen LogP contribution >= 0.6 is 0 Å². The summed E-state index contributed by atoms with van der Waals surface area (Å²) in [5.74, 6) is -1.45. The molecule has 0 rings (SSSR count). The minimum Gasteiger partial charge on any atom is -0.481 e. The number of carboxylic acid groups (broad SMARTS) is 2. The fraction of sp³-hybridized carbons (Fsp3) is 0.895. The van der Waals surface area contributed by atoms with Gasteiger partial charge in [0.05, 0.1) is 10.8 Å². The molecule has 25 heavy (non-hydrogen) atoms. The van der Waals surface area contributed by atoms with Gasteiger partial charge in [-0.1, -0.05) is 59.8 Å². The predicted octanol–water partition coefficient (Wildman–Crippen LogP) is 5.82. The van der Waals surface area contributed by atoms with Crippen molar-refractivity contribution in [1.29, 1.82) is 0 Å². The van der Waals surface area contributed by atoms with E-state index in [-0.39, 0.29) is 12.3 Å². The average Bonchev–Trinajstić information content (AvgIpc) is 2.53. The van der Waals surface area contributed by atoms with Gasteiger partial charge >= 0.3 is 11.9 Å². The molecule has 0 aliphatic heterocycles. The van der Waals surface area contributed by atoms with Crippen LogP contribution in [0.3, 0.4) is 0 Å². The molecule has 0 aliphatic carbocycles. The van der Waals surface area contributed by atoms with Crippen molar-refractivity contribution < 1.29 is 19.8 Å². The Bertz CT molecular complexity index is 342. The molecule has 0 heterocycles. The first-order valence-electron chi connectivity index (χ1n) is 9.31. The first-order valence-corrected chi connectivity index (χ1v) is 9.31. The molecule has 8 N–H and O–H groups in total. The van der Waals surface area contributed by atoms with Gasteiger partial charge in [-0.15, -0.1) is 0 Å².